The number of amides is 1. The van der Waals surface area contributed by atoms with Gasteiger partial charge in [0.15, 0.2) is 0 Å². The summed E-state index contributed by atoms with van der Waals surface area (Å²) in [7, 11) is 0. The van der Waals surface area contributed by atoms with Crippen LogP contribution < -0.4 is 5.32 Å². The predicted molar refractivity (Wildman–Crippen MR) is 93.4 cm³/mol. The number of carbonyl (C=O) groups is 1. The molecule has 0 bridgehead atoms. The first-order chi connectivity index (χ1) is 10.9. The van der Waals surface area contributed by atoms with Crippen molar-refractivity contribution in [3.05, 3.63) is 35.9 Å². The van der Waals surface area contributed by atoms with Crippen molar-refractivity contribution in [2.45, 2.75) is 52.2 Å². The summed E-state index contributed by atoms with van der Waals surface area (Å²) >= 11 is 0. The highest BCUT2D eigenvalue weighted by Gasteiger charge is 2.29. The van der Waals surface area contributed by atoms with Crippen molar-refractivity contribution in [1.29, 1.82) is 0 Å². The Bertz CT molecular complexity index is 496. The van der Waals surface area contributed by atoms with Gasteiger partial charge in [0.25, 0.3) is 0 Å². The van der Waals surface area contributed by atoms with Crippen LogP contribution in [0.5, 0.6) is 0 Å². The van der Waals surface area contributed by atoms with Crippen LogP contribution in [0.15, 0.2) is 30.3 Å². The average molecular weight is 318 g/mol. The van der Waals surface area contributed by atoms with Crippen molar-refractivity contribution in [3.63, 3.8) is 0 Å². The molecular weight excluding hydrogens is 288 g/mol. The monoisotopic (exact) mass is 318 g/mol. The van der Waals surface area contributed by atoms with E-state index in [0.29, 0.717) is 12.0 Å². The molecule has 1 aromatic carbocycles. The number of carbonyl (C=O) groups excluding carboxylic acids is 1. The van der Waals surface area contributed by atoms with Gasteiger partial charge in [0, 0.05) is 25.7 Å². The Balaban J connectivity index is 1.80. The molecule has 1 amide bonds. The summed E-state index contributed by atoms with van der Waals surface area (Å²) in [5.41, 5.74) is 0.908. The van der Waals surface area contributed by atoms with Crippen molar-refractivity contribution in [2.24, 2.45) is 5.92 Å². The van der Waals surface area contributed by atoms with Gasteiger partial charge in [-0.1, -0.05) is 37.3 Å². The molecule has 0 spiro atoms. The lowest BCUT2D eigenvalue weighted by atomic mass is 10.0. The fourth-order valence-corrected chi connectivity index (χ4v) is 2.98. The molecule has 4 nitrogen and oxygen atoms in total. The Morgan fingerprint density at radius 1 is 1.35 bits per heavy atom. The van der Waals surface area contributed by atoms with E-state index >= 15 is 0 Å². The van der Waals surface area contributed by atoms with Gasteiger partial charge in [-0.3, -0.25) is 0 Å². The second-order valence-electron chi connectivity index (χ2n) is 7.36. The van der Waals surface area contributed by atoms with Crippen LogP contribution in [0.3, 0.4) is 0 Å². The summed E-state index contributed by atoms with van der Waals surface area (Å²) in [6, 6.07) is 10.9. The van der Waals surface area contributed by atoms with Crippen molar-refractivity contribution in [1.82, 2.24) is 10.2 Å². The van der Waals surface area contributed by atoms with E-state index in [1.54, 1.807) is 0 Å². The van der Waals surface area contributed by atoms with Crippen LogP contribution in [-0.2, 0) is 4.74 Å². The molecule has 1 aromatic rings. The summed E-state index contributed by atoms with van der Waals surface area (Å²) in [6.07, 6.45) is 1.92. The van der Waals surface area contributed by atoms with E-state index < -0.39 is 5.60 Å². The van der Waals surface area contributed by atoms with Gasteiger partial charge >= 0.3 is 6.09 Å². The van der Waals surface area contributed by atoms with Crippen LogP contribution in [0.25, 0.3) is 0 Å². The van der Waals surface area contributed by atoms with Gasteiger partial charge in [-0.2, -0.15) is 0 Å². The summed E-state index contributed by atoms with van der Waals surface area (Å²) in [5.74, 6) is 0.500. The number of nitrogens with one attached hydrogen (secondary N) is 1. The third-order valence-corrected chi connectivity index (χ3v) is 4.20. The van der Waals surface area contributed by atoms with Gasteiger partial charge in [0.2, 0.25) is 0 Å². The highest BCUT2D eigenvalue weighted by molar-refractivity contribution is 5.68. The molecule has 0 aliphatic carbocycles. The molecule has 1 aliphatic rings. The van der Waals surface area contributed by atoms with E-state index in [1.807, 2.05) is 31.7 Å². The Morgan fingerprint density at radius 3 is 2.65 bits per heavy atom. The summed E-state index contributed by atoms with van der Waals surface area (Å²) < 4.78 is 5.45. The van der Waals surface area contributed by atoms with Crippen molar-refractivity contribution >= 4 is 6.09 Å². The zero-order valence-corrected chi connectivity index (χ0v) is 14.8. The van der Waals surface area contributed by atoms with Crippen LogP contribution in [0.1, 0.15) is 52.1 Å². The smallest absolute Gasteiger partial charge is 0.410 e. The van der Waals surface area contributed by atoms with Gasteiger partial charge in [-0.05, 0) is 45.1 Å². The normalized spacial score (nSPS) is 19.7. The highest BCUT2D eigenvalue weighted by atomic mass is 16.6. The standard InChI is InChI=1S/C19H30N2O2/c1-5-17(16-9-7-6-8-10-16)20-13-15-11-12-21(14-15)18(22)23-19(2,3)4/h6-10,15,17,20H,5,11-14H2,1-4H3. The molecule has 0 saturated carbocycles. The van der Waals surface area contributed by atoms with Gasteiger partial charge < -0.3 is 15.0 Å². The Labute approximate surface area is 140 Å². The predicted octanol–water partition coefficient (Wildman–Crippen LogP) is 3.98. The minimum absolute atomic E-state index is 0.185. The Hall–Kier alpha value is -1.55. The first kappa shape index (κ1) is 17.8. The molecule has 0 aromatic heterocycles. The molecule has 2 atom stereocenters. The van der Waals surface area contributed by atoms with E-state index in [2.05, 4.69) is 36.5 Å². The SMILES string of the molecule is CCC(NCC1CCN(C(=O)OC(C)(C)C)C1)c1ccccc1. The molecule has 2 rings (SSSR count). The van der Waals surface area contributed by atoms with Crippen LogP contribution >= 0.6 is 0 Å². The molecule has 1 saturated heterocycles. The van der Waals surface area contributed by atoms with E-state index in [9.17, 15) is 4.79 Å². The third-order valence-electron chi connectivity index (χ3n) is 4.20. The van der Waals surface area contributed by atoms with Crippen LogP contribution in [0.4, 0.5) is 4.79 Å². The number of hydrogen-bond donors (Lipinski definition) is 1. The summed E-state index contributed by atoms with van der Waals surface area (Å²) in [6.45, 7) is 10.4. The molecule has 1 heterocycles. The molecule has 1 aliphatic heterocycles. The molecule has 2 unspecified atom stereocenters. The van der Waals surface area contributed by atoms with E-state index in [1.165, 1.54) is 5.56 Å². The van der Waals surface area contributed by atoms with E-state index in [4.69, 9.17) is 4.74 Å². The second-order valence-corrected chi connectivity index (χ2v) is 7.36. The van der Waals surface area contributed by atoms with Crippen molar-refractivity contribution < 1.29 is 9.53 Å². The van der Waals surface area contributed by atoms with Gasteiger partial charge in [0.05, 0.1) is 0 Å². The average Bonchev–Trinajstić information content (AvgIpc) is 2.96. The maximum Gasteiger partial charge on any atom is 0.410 e. The van der Waals surface area contributed by atoms with E-state index in [-0.39, 0.29) is 6.09 Å². The zero-order valence-electron chi connectivity index (χ0n) is 14.8. The lowest BCUT2D eigenvalue weighted by Crippen LogP contribution is -2.36. The maximum atomic E-state index is 12.1. The van der Waals surface area contributed by atoms with Crippen LogP contribution in [0, 0.1) is 5.92 Å². The van der Waals surface area contributed by atoms with Crippen molar-refractivity contribution in [2.75, 3.05) is 19.6 Å². The largest absolute Gasteiger partial charge is 0.444 e. The molecule has 1 N–H and O–H groups in total. The third kappa shape index (κ3) is 5.54. The van der Waals surface area contributed by atoms with Crippen LogP contribution in [-0.4, -0.2) is 36.2 Å². The summed E-state index contributed by atoms with van der Waals surface area (Å²) in [5, 5.41) is 3.66. The molecule has 4 heteroatoms. The number of rotatable bonds is 5. The van der Waals surface area contributed by atoms with E-state index in [0.717, 1.165) is 32.5 Å². The minimum Gasteiger partial charge on any atom is -0.444 e. The number of ether oxygens (including phenoxy) is 1. The topological polar surface area (TPSA) is 41.6 Å². The fraction of sp³-hybridized carbons (Fsp3) is 0.632. The van der Waals surface area contributed by atoms with Gasteiger partial charge in [-0.25, -0.2) is 4.79 Å². The maximum absolute atomic E-state index is 12.1. The first-order valence-electron chi connectivity index (χ1n) is 8.65. The number of likely N-dealkylation sites (tertiary alicyclic amines) is 1. The molecule has 128 valence electrons. The molecule has 1 fully saturated rings. The van der Waals surface area contributed by atoms with Crippen molar-refractivity contribution in [3.8, 4) is 0 Å². The molecule has 23 heavy (non-hydrogen) atoms. The summed E-state index contributed by atoms with van der Waals surface area (Å²) in [4.78, 5) is 13.9. The number of benzene rings is 1. The lowest BCUT2D eigenvalue weighted by molar-refractivity contribution is 0.0288. The van der Waals surface area contributed by atoms with Gasteiger partial charge in [0.1, 0.15) is 5.60 Å². The number of nitrogens with zero attached hydrogens (tertiary/aromatic N) is 1. The minimum atomic E-state index is -0.423. The zero-order chi connectivity index (χ0) is 16.9. The molecule has 0 radical (unpaired) electrons. The number of hydrogen-bond acceptors (Lipinski definition) is 3. The fourth-order valence-electron chi connectivity index (χ4n) is 2.98. The molecular formula is C19H30N2O2. The quantitative estimate of drug-likeness (QED) is 0.892. The Kier molecular flexibility index (Phi) is 6.05. The van der Waals surface area contributed by atoms with Crippen LogP contribution in [0.2, 0.25) is 0 Å². The second kappa shape index (κ2) is 7.82. The van der Waals surface area contributed by atoms with Gasteiger partial charge in [-0.15, -0.1) is 0 Å². The highest BCUT2D eigenvalue weighted by Crippen LogP contribution is 2.21. The Morgan fingerprint density at radius 2 is 2.04 bits per heavy atom. The first-order valence-corrected chi connectivity index (χ1v) is 8.65. The lowest BCUT2D eigenvalue weighted by Gasteiger charge is -2.25.